The summed E-state index contributed by atoms with van der Waals surface area (Å²) in [5.74, 6) is 0. The number of nitrogens with zero attached hydrogens (tertiary/aromatic N) is 2. The average Bonchev–Trinajstić information content (AvgIpc) is 3.21. The lowest BCUT2D eigenvalue weighted by molar-refractivity contribution is 0.593. The zero-order valence-electron chi connectivity index (χ0n) is 13.8. The van der Waals surface area contributed by atoms with E-state index in [4.69, 9.17) is 0 Å². The van der Waals surface area contributed by atoms with Crippen molar-refractivity contribution in [3.8, 4) is 10.4 Å². The Morgan fingerprint density at radius 2 is 1.76 bits per heavy atom. The Hall–Kier alpha value is -2.44. The smallest absolute Gasteiger partial charge is 0.225 e. The minimum Gasteiger partial charge on any atom is -0.350 e. The lowest BCUT2D eigenvalue weighted by atomic mass is 10.1. The molecule has 0 unspecified atom stereocenters. The molecule has 0 saturated carbocycles. The number of thiazole rings is 1. The van der Waals surface area contributed by atoms with E-state index in [0.717, 1.165) is 22.0 Å². The monoisotopic (exact) mass is 368 g/mol. The third-order valence-electron chi connectivity index (χ3n) is 4.26. The number of rotatable bonds is 3. The van der Waals surface area contributed by atoms with Crippen LogP contribution < -0.4 is 0 Å². The molecule has 0 radical (unpaired) electrons. The molecule has 0 aliphatic carbocycles. The van der Waals surface area contributed by atoms with Gasteiger partial charge in [0.15, 0.2) is 5.03 Å². The molecule has 0 fully saturated rings. The van der Waals surface area contributed by atoms with Crippen LogP contribution in [0.5, 0.6) is 0 Å². The Kier molecular flexibility index (Phi) is 3.74. The number of aryl methyl sites for hydroxylation is 2. The third kappa shape index (κ3) is 2.58. The van der Waals surface area contributed by atoms with E-state index in [1.165, 1.54) is 11.3 Å². The standard InChI is InChI=1S/C19H16N2O2S2/c1-13-7-9-14(10-8-13)25(22,23)19-18(24-12-20-19)16-11-21(2)17-6-4-3-5-15(16)17/h3-12H,1-2H3. The van der Waals surface area contributed by atoms with E-state index in [1.54, 1.807) is 29.8 Å². The van der Waals surface area contributed by atoms with Crippen LogP contribution in [0.1, 0.15) is 5.56 Å². The fraction of sp³-hybridized carbons (Fsp3) is 0.105. The van der Waals surface area contributed by atoms with Crippen molar-refractivity contribution in [2.24, 2.45) is 7.05 Å². The van der Waals surface area contributed by atoms with Crippen molar-refractivity contribution in [2.45, 2.75) is 16.8 Å². The van der Waals surface area contributed by atoms with Gasteiger partial charge in [-0.1, -0.05) is 35.9 Å². The fourth-order valence-corrected chi connectivity index (χ4v) is 5.47. The lowest BCUT2D eigenvalue weighted by Gasteiger charge is -2.05. The molecule has 0 aliphatic rings. The average molecular weight is 368 g/mol. The predicted molar refractivity (Wildman–Crippen MR) is 101 cm³/mol. The number of para-hydroxylation sites is 1. The molecular weight excluding hydrogens is 352 g/mol. The van der Waals surface area contributed by atoms with E-state index < -0.39 is 9.84 Å². The highest BCUT2D eigenvalue weighted by Gasteiger charge is 2.26. The van der Waals surface area contributed by atoms with Crippen molar-refractivity contribution in [2.75, 3.05) is 0 Å². The summed E-state index contributed by atoms with van der Waals surface area (Å²) >= 11 is 1.35. The van der Waals surface area contributed by atoms with Crippen LogP contribution in [0, 0.1) is 6.92 Å². The normalized spacial score (nSPS) is 11.9. The van der Waals surface area contributed by atoms with Crippen molar-refractivity contribution in [1.82, 2.24) is 9.55 Å². The molecule has 0 atom stereocenters. The number of aromatic nitrogens is 2. The van der Waals surface area contributed by atoms with E-state index in [-0.39, 0.29) is 9.92 Å². The lowest BCUT2D eigenvalue weighted by Crippen LogP contribution is -2.03. The highest BCUT2D eigenvalue weighted by molar-refractivity contribution is 7.91. The Labute approximate surface area is 150 Å². The van der Waals surface area contributed by atoms with Crippen molar-refractivity contribution >= 4 is 32.1 Å². The van der Waals surface area contributed by atoms with Gasteiger partial charge in [-0.2, -0.15) is 0 Å². The van der Waals surface area contributed by atoms with Gasteiger partial charge in [-0.15, -0.1) is 11.3 Å². The Morgan fingerprint density at radius 3 is 2.52 bits per heavy atom. The number of hydrogen-bond donors (Lipinski definition) is 0. The third-order valence-corrected chi connectivity index (χ3v) is 6.96. The van der Waals surface area contributed by atoms with Crippen molar-refractivity contribution in [1.29, 1.82) is 0 Å². The van der Waals surface area contributed by atoms with Crippen LogP contribution in [-0.4, -0.2) is 18.0 Å². The topological polar surface area (TPSA) is 52.0 Å². The molecule has 4 aromatic rings. The number of hydrogen-bond acceptors (Lipinski definition) is 4. The van der Waals surface area contributed by atoms with Gasteiger partial charge in [0.05, 0.1) is 15.3 Å². The molecular formula is C19H16N2O2S2. The maximum absolute atomic E-state index is 13.1. The molecule has 0 aliphatic heterocycles. The quantitative estimate of drug-likeness (QED) is 0.537. The summed E-state index contributed by atoms with van der Waals surface area (Å²) in [5.41, 5.74) is 4.57. The zero-order chi connectivity index (χ0) is 17.6. The molecule has 4 nitrogen and oxygen atoms in total. The van der Waals surface area contributed by atoms with Crippen LogP contribution >= 0.6 is 11.3 Å². The minimum atomic E-state index is -3.66. The molecule has 0 N–H and O–H groups in total. The zero-order valence-corrected chi connectivity index (χ0v) is 15.4. The highest BCUT2D eigenvalue weighted by atomic mass is 32.2. The van der Waals surface area contributed by atoms with Gasteiger partial charge in [0.2, 0.25) is 9.84 Å². The molecule has 4 rings (SSSR count). The first-order chi connectivity index (χ1) is 12.0. The predicted octanol–water partition coefficient (Wildman–Crippen LogP) is 4.44. The van der Waals surface area contributed by atoms with Crippen LogP contribution in [0.3, 0.4) is 0 Å². The molecule has 2 aromatic carbocycles. The van der Waals surface area contributed by atoms with Gasteiger partial charge in [-0.3, -0.25) is 0 Å². The first-order valence-electron chi connectivity index (χ1n) is 7.78. The maximum Gasteiger partial charge on any atom is 0.225 e. The molecule has 25 heavy (non-hydrogen) atoms. The molecule has 6 heteroatoms. The van der Waals surface area contributed by atoms with Crippen LogP contribution in [0.4, 0.5) is 0 Å². The molecule has 0 amide bonds. The van der Waals surface area contributed by atoms with Crippen molar-refractivity contribution < 1.29 is 8.42 Å². The second-order valence-corrected chi connectivity index (χ2v) is 8.69. The van der Waals surface area contributed by atoms with Gasteiger partial charge in [0, 0.05) is 29.7 Å². The largest absolute Gasteiger partial charge is 0.350 e. The Bertz CT molecular complexity index is 1170. The summed E-state index contributed by atoms with van der Waals surface area (Å²) in [6.07, 6.45) is 1.96. The summed E-state index contributed by atoms with van der Waals surface area (Å²) in [7, 11) is -1.70. The van der Waals surface area contributed by atoms with Crippen LogP contribution in [0.2, 0.25) is 0 Å². The number of sulfone groups is 1. The van der Waals surface area contributed by atoms with E-state index >= 15 is 0 Å². The molecule has 0 saturated heterocycles. The van der Waals surface area contributed by atoms with E-state index in [2.05, 4.69) is 4.98 Å². The highest BCUT2D eigenvalue weighted by Crippen LogP contribution is 2.38. The van der Waals surface area contributed by atoms with Gasteiger partial charge >= 0.3 is 0 Å². The van der Waals surface area contributed by atoms with Crippen LogP contribution in [-0.2, 0) is 16.9 Å². The molecule has 0 spiro atoms. The summed E-state index contributed by atoms with van der Waals surface area (Å²) < 4.78 is 28.2. The van der Waals surface area contributed by atoms with Gasteiger partial charge in [-0.05, 0) is 25.1 Å². The molecule has 2 aromatic heterocycles. The molecule has 2 heterocycles. The summed E-state index contributed by atoms with van der Waals surface area (Å²) in [5, 5.41) is 1.15. The van der Waals surface area contributed by atoms with Gasteiger partial charge in [0.25, 0.3) is 0 Å². The van der Waals surface area contributed by atoms with E-state index in [9.17, 15) is 8.42 Å². The van der Waals surface area contributed by atoms with Gasteiger partial charge in [0.1, 0.15) is 0 Å². The second-order valence-electron chi connectivity index (χ2n) is 5.97. The second kappa shape index (κ2) is 5.82. The van der Waals surface area contributed by atoms with Crippen LogP contribution in [0.25, 0.3) is 21.3 Å². The SMILES string of the molecule is Cc1ccc(S(=O)(=O)c2ncsc2-c2cn(C)c3ccccc23)cc1. The maximum atomic E-state index is 13.1. The van der Waals surface area contributed by atoms with Crippen molar-refractivity contribution in [3.05, 3.63) is 65.8 Å². The van der Waals surface area contributed by atoms with Gasteiger partial charge < -0.3 is 4.57 Å². The number of fused-ring (bicyclic) bond motifs is 1. The van der Waals surface area contributed by atoms with E-state index in [0.29, 0.717) is 4.88 Å². The summed E-state index contributed by atoms with van der Waals surface area (Å²) in [6, 6.07) is 14.8. The Morgan fingerprint density at radius 1 is 1.04 bits per heavy atom. The minimum absolute atomic E-state index is 0.123. The van der Waals surface area contributed by atoms with Gasteiger partial charge in [-0.25, -0.2) is 13.4 Å². The Balaban J connectivity index is 1.93. The first-order valence-corrected chi connectivity index (χ1v) is 10.1. The first kappa shape index (κ1) is 16.1. The van der Waals surface area contributed by atoms with Crippen LogP contribution in [0.15, 0.2) is 70.2 Å². The van der Waals surface area contributed by atoms with Crippen molar-refractivity contribution in [3.63, 3.8) is 0 Å². The summed E-state index contributed by atoms with van der Waals surface area (Å²) in [6.45, 7) is 1.93. The molecule has 0 bridgehead atoms. The fourth-order valence-electron chi connectivity index (χ4n) is 2.96. The molecule has 126 valence electrons. The summed E-state index contributed by atoms with van der Waals surface area (Å²) in [4.78, 5) is 5.15. The van der Waals surface area contributed by atoms with E-state index in [1.807, 2.05) is 49.0 Å². The number of benzene rings is 2.